The Morgan fingerprint density at radius 2 is 2.03 bits per heavy atom. The molecule has 0 saturated carbocycles. The lowest BCUT2D eigenvalue weighted by Crippen LogP contribution is -2.44. The second-order valence-corrected chi connectivity index (χ2v) is 10.1. The van der Waals surface area contributed by atoms with Crippen molar-refractivity contribution < 1.29 is 19.0 Å². The quantitative estimate of drug-likeness (QED) is 0.288. The lowest BCUT2D eigenvalue weighted by molar-refractivity contribution is -0.146. The second-order valence-electron chi connectivity index (χ2n) is 9.71. The third kappa shape index (κ3) is 6.74. The van der Waals surface area contributed by atoms with Crippen LogP contribution in [0.1, 0.15) is 49.4 Å². The van der Waals surface area contributed by atoms with Gasteiger partial charge in [0.15, 0.2) is 0 Å². The minimum atomic E-state index is -1.18. The van der Waals surface area contributed by atoms with Crippen LogP contribution in [0.15, 0.2) is 54.7 Å². The molecule has 0 spiro atoms. The lowest BCUT2D eigenvalue weighted by Gasteiger charge is -2.37. The number of nitrogens with zero attached hydrogens (tertiary/aromatic N) is 2. The van der Waals surface area contributed by atoms with Crippen LogP contribution in [0.2, 0.25) is 5.02 Å². The van der Waals surface area contributed by atoms with E-state index in [-0.39, 0.29) is 5.92 Å². The number of carboxylic acids is 1. The Hall–Kier alpha value is -2.70. The van der Waals surface area contributed by atoms with E-state index in [4.69, 9.17) is 16.3 Å². The molecule has 1 fully saturated rings. The van der Waals surface area contributed by atoms with Gasteiger partial charge in [0.2, 0.25) is 0 Å². The minimum absolute atomic E-state index is 0.0197. The molecular weight excluding hydrogens is 479 g/mol. The van der Waals surface area contributed by atoms with Gasteiger partial charge in [0.05, 0.1) is 18.5 Å². The lowest BCUT2D eigenvalue weighted by atomic mass is 9.81. The Balaban J connectivity index is 1.29. The van der Waals surface area contributed by atoms with Crippen molar-refractivity contribution in [2.24, 2.45) is 11.8 Å². The number of aryl methyl sites for hydroxylation is 1. The summed E-state index contributed by atoms with van der Waals surface area (Å²) in [6.07, 6.45) is 5.14. The highest BCUT2D eigenvalue weighted by Crippen LogP contribution is 2.35. The Labute approximate surface area is 217 Å². The molecule has 2 aromatic carbocycles. The van der Waals surface area contributed by atoms with E-state index in [1.807, 2.05) is 30.3 Å². The molecule has 7 heteroatoms. The van der Waals surface area contributed by atoms with Crippen molar-refractivity contribution in [2.45, 2.75) is 44.7 Å². The zero-order valence-corrected chi connectivity index (χ0v) is 21.5. The Morgan fingerprint density at radius 3 is 2.78 bits per heavy atom. The smallest absolute Gasteiger partial charge is 0.308 e. The number of methoxy groups -OCH3 is 1. The summed E-state index contributed by atoms with van der Waals surface area (Å²) in [7, 11) is 1.59. The molecule has 5 nitrogen and oxygen atoms in total. The normalized spacial score (nSPS) is 19.3. The number of ether oxygens (including phenoxy) is 1. The first-order valence-corrected chi connectivity index (χ1v) is 13.1. The van der Waals surface area contributed by atoms with Crippen molar-refractivity contribution in [2.75, 3.05) is 26.7 Å². The summed E-state index contributed by atoms with van der Waals surface area (Å²) in [6.45, 7) is 2.29. The van der Waals surface area contributed by atoms with Gasteiger partial charge in [-0.25, -0.2) is 4.39 Å². The summed E-state index contributed by atoms with van der Waals surface area (Å²) < 4.78 is 20.7. The van der Waals surface area contributed by atoms with Crippen molar-refractivity contribution in [3.8, 4) is 5.75 Å². The number of aliphatic carboxylic acids is 1. The number of carboxylic acid groups (broad SMARTS) is 1. The molecule has 0 radical (unpaired) electrons. The van der Waals surface area contributed by atoms with E-state index in [1.165, 1.54) is 5.56 Å². The molecule has 1 aliphatic rings. The SMILES string of the molecule is COc1ccc2nccc(C(F)CC[C@@H]3CCN(CCCCc4ccc(Cl)cc4)C[C@@H]3C(=O)O)c2c1. The maximum absolute atomic E-state index is 15.4. The molecule has 4 rings (SSSR count). The molecule has 0 bridgehead atoms. The number of fused-ring (bicyclic) bond motifs is 1. The van der Waals surface area contributed by atoms with Gasteiger partial charge in [-0.2, -0.15) is 0 Å². The number of alkyl halides is 1. The summed E-state index contributed by atoms with van der Waals surface area (Å²) in [4.78, 5) is 18.6. The molecule has 1 unspecified atom stereocenters. The maximum atomic E-state index is 15.4. The van der Waals surface area contributed by atoms with Gasteiger partial charge < -0.3 is 14.7 Å². The van der Waals surface area contributed by atoms with Crippen LogP contribution in [-0.2, 0) is 11.2 Å². The Kier molecular flexibility index (Phi) is 9.16. The largest absolute Gasteiger partial charge is 0.497 e. The predicted molar refractivity (Wildman–Crippen MR) is 141 cm³/mol. The third-order valence-corrected chi connectivity index (χ3v) is 7.62. The van der Waals surface area contributed by atoms with Crippen LogP contribution in [0.5, 0.6) is 5.75 Å². The topological polar surface area (TPSA) is 62.7 Å². The number of aromatic nitrogens is 1. The molecule has 1 N–H and O–H groups in total. The van der Waals surface area contributed by atoms with Crippen molar-refractivity contribution in [3.05, 3.63) is 70.9 Å². The van der Waals surface area contributed by atoms with Crippen molar-refractivity contribution in [1.82, 2.24) is 9.88 Å². The zero-order chi connectivity index (χ0) is 25.5. The molecule has 2 heterocycles. The van der Waals surface area contributed by atoms with Crippen LogP contribution in [0.4, 0.5) is 4.39 Å². The van der Waals surface area contributed by atoms with Gasteiger partial charge in [0.25, 0.3) is 0 Å². The Morgan fingerprint density at radius 1 is 1.22 bits per heavy atom. The highest BCUT2D eigenvalue weighted by atomic mass is 35.5. The van der Waals surface area contributed by atoms with Crippen molar-refractivity contribution >= 4 is 28.5 Å². The average Bonchev–Trinajstić information content (AvgIpc) is 2.90. The first kappa shape index (κ1) is 26.4. The number of pyridine rings is 1. The molecule has 0 aliphatic carbocycles. The van der Waals surface area contributed by atoms with E-state index >= 15 is 4.39 Å². The molecule has 192 valence electrons. The van der Waals surface area contributed by atoms with Gasteiger partial charge in [-0.3, -0.25) is 9.78 Å². The van der Waals surface area contributed by atoms with E-state index in [0.717, 1.165) is 54.7 Å². The highest BCUT2D eigenvalue weighted by molar-refractivity contribution is 6.30. The maximum Gasteiger partial charge on any atom is 0.308 e. The van der Waals surface area contributed by atoms with Crippen LogP contribution < -0.4 is 4.74 Å². The number of unbranched alkanes of at least 4 members (excludes halogenated alkanes) is 1. The second kappa shape index (κ2) is 12.5. The summed E-state index contributed by atoms with van der Waals surface area (Å²) in [5.74, 6) is -0.596. The van der Waals surface area contributed by atoms with Crippen LogP contribution in [0, 0.1) is 11.8 Å². The van der Waals surface area contributed by atoms with Crippen LogP contribution in [-0.4, -0.2) is 47.7 Å². The number of piperidine rings is 1. The van der Waals surface area contributed by atoms with Crippen molar-refractivity contribution in [3.63, 3.8) is 0 Å². The number of benzene rings is 2. The van der Waals surface area contributed by atoms with Crippen molar-refractivity contribution in [1.29, 1.82) is 0 Å². The summed E-state index contributed by atoms with van der Waals surface area (Å²) in [6, 6.07) is 15.1. The third-order valence-electron chi connectivity index (χ3n) is 7.37. The van der Waals surface area contributed by atoms with Crippen LogP contribution in [0.3, 0.4) is 0 Å². The fraction of sp³-hybridized carbons (Fsp3) is 0.448. The number of hydrogen-bond acceptors (Lipinski definition) is 4. The number of hydrogen-bond donors (Lipinski definition) is 1. The van der Waals surface area contributed by atoms with Gasteiger partial charge in [0.1, 0.15) is 11.9 Å². The molecule has 0 amide bonds. The Bertz CT molecular complexity index is 1160. The van der Waals surface area contributed by atoms with E-state index in [0.29, 0.717) is 30.7 Å². The molecule has 1 aliphatic heterocycles. The number of rotatable bonds is 11. The van der Waals surface area contributed by atoms with E-state index < -0.39 is 18.1 Å². The van der Waals surface area contributed by atoms with Gasteiger partial charge >= 0.3 is 5.97 Å². The number of halogens is 2. The first-order chi connectivity index (χ1) is 17.4. The monoisotopic (exact) mass is 512 g/mol. The van der Waals surface area contributed by atoms with Crippen LogP contribution >= 0.6 is 11.6 Å². The summed E-state index contributed by atoms with van der Waals surface area (Å²) in [5, 5.41) is 11.4. The molecule has 36 heavy (non-hydrogen) atoms. The average molecular weight is 513 g/mol. The fourth-order valence-electron chi connectivity index (χ4n) is 5.27. The molecule has 1 saturated heterocycles. The van der Waals surface area contributed by atoms with Gasteiger partial charge in [-0.15, -0.1) is 0 Å². The number of likely N-dealkylation sites (tertiary alicyclic amines) is 1. The van der Waals surface area contributed by atoms with Gasteiger partial charge in [-0.1, -0.05) is 23.7 Å². The highest BCUT2D eigenvalue weighted by Gasteiger charge is 2.34. The summed E-state index contributed by atoms with van der Waals surface area (Å²) in [5.41, 5.74) is 2.58. The fourth-order valence-corrected chi connectivity index (χ4v) is 5.40. The zero-order valence-electron chi connectivity index (χ0n) is 20.7. The summed E-state index contributed by atoms with van der Waals surface area (Å²) >= 11 is 5.95. The standard InChI is InChI=1S/C29H34ClFN2O3/c1-36-23-10-12-28-25(18-23)24(13-15-32-28)27(31)11-7-21-14-17-33(19-26(21)29(34)35)16-3-2-4-20-5-8-22(30)9-6-20/h5-6,8-10,12-13,15,18,21,26-27H,2-4,7,11,14,16-17,19H2,1H3,(H,34,35)/t21-,26+,27?/m1/s1. The molecule has 3 aromatic rings. The minimum Gasteiger partial charge on any atom is -0.497 e. The van der Waals surface area contributed by atoms with E-state index in [9.17, 15) is 9.90 Å². The van der Waals surface area contributed by atoms with Crippen LogP contribution in [0.25, 0.3) is 10.9 Å². The predicted octanol–water partition coefficient (Wildman–Crippen LogP) is 6.73. The first-order valence-electron chi connectivity index (χ1n) is 12.7. The molecule has 1 aromatic heterocycles. The van der Waals surface area contributed by atoms with E-state index in [2.05, 4.69) is 22.0 Å². The van der Waals surface area contributed by atoms with Gasteiger partial charge in [0, 0.05) is 23.2 Å². The number of carbonyl (C=O) groups is 1. The molecular formula is C29H34ClFN2O3. The van der Waals surface area contributed by atoms with E-state index in [1.54, 1.807) is 19.4 Å². The van der Waals surface area contributed by atoms with Gasteiger partial charge in [-0.05, 0) is 105 Å². The molecule has 3 atom stereocenters.